The molecule has 0 spiro atoms. The van der Waals surface area contributed by atoms with E-state index in [1.807, 2.05) is 30.3 Å². The van der Waals surface area contributed by atoms with Gasteiger partial charge in [-0.3, -0.25) is 24.1 Å². The molecule has 2 aromatic heterocycles. The van der Waals surface area contributed by atoms with Gasteiger partial charge in [-0.2, -0.15) is 4.98 Å². The summed E-state index contributed by atoms with van der Waals surface area (Å²) in [5.74, 6) is 5.13. The molecule has 3 aromatic rings. The zero-order valence-corrected chi connectivity index (χ0v) is 15.0. The van der Waals surface area contributed by atoms with Gasteiger partial charge in [0.2, 0.25) is 5.95 Å². The molecule has 2 heterocycles. The van der Waals surface area contributed by atoms with Crippen molar-refractivity contribution in [1.29, 1.82) is 0 Å². The zero-order chi connectivity index (χ0) is 19.6. The summed E-state index contributed by atoms with van der Waals surface area (Å²) in [4.78, 5) is 41.6. The third-order valence-corrected chi connectivity index (χ3v) is 4.14. The maximum Gasteiger partial charge on any atom is 0.333 e. The van der Waals surface area contributed by atoms with Gasteiger partial charge < -0.3 is 4.74 Å². The number of nitrogens with two attached hydrogens (primary N) is 1. The van der Waals surface area contributed by atoms with E-state index < -0.39 is 23.8 Å². The Kier molecular flexibility index (Phi) is 5.08. The monoisotopic (exact) mass is 372 g/mol. The Morgan fingerprint density at radius 2 is 1.93 bits per heavy atom. The Morgan fingerprint density at radius 1 is 1.22 bits per heavy atom. The summed E-state index contributed by atoms with van der Waals surface area (Å²) in [6.07, 6.45) is 0. The predicted molar refractivity (Wildman–Crippen MR) is 99.2 cm³/mol. The lowest BCUT2D eigenvalue weighted by Crippen LogP contribution is -2.41. The number of nitrogen functional groups attached to an aromatic ring is 1. The van der Waals surface area contributed by atoms with Crippen molar-refractivity contribution in [3.8, 4) is 0 Å². The van der Waals surface area contributed by atoms with Crippen molar-refractivity contribution in [1.82, 2.24) is 18.7 Å². The number of aromatic nitrogens is 4. The zero-order valence-electron chi connectivity index (χ0n) is 15.0. The highest BCUT2D eigenvalue weighted by Gasteiger charge is 2.21. The average Bonchev–Trinajstić information content (AvgIpc) is 3.03. The van der Waals surface area contributed by atoms with E-state index in [9.17, 15) is 14.4 Å². The van der Waals surface area contributed by atoms with Gasteiger partial charge in [0.25, 0.3) is 5.56 Å². The van der Waals surface area contributed by atoms with Crippen LogP contribution in [-0.4, -0.2) is 31.3 Å². The van der Waals surface area contributed by atoms with Crippen molar-refractivity contribution < 1.29 is 9.53 Å². The van der Waals surface area contributed by atoms with Gasteiger partial charge in [0.1, 0.15) is 6.54 Å². The van der Waals surface area contributed by atoms with Crippen LogP contribution in [0.15, 0.2) is 39.9 Å². The van der Waals surface area contributed by atoms with Gasteiger partial charge in [0.05, 0.1) is 13.2 Å². The molecule has 0 aliphatic carbocycles. The summed E-state index contributed by atoms with van der Waals surface area (Å²) < 4.78 is 8.48. The van der Waals surface area contributed by atoms with Crippen molar-refractivity contribution in [3.63, 3.8) is 0 Å². The summed E-state index contributed by atoms with van der Waals surface area (Å²) in [7, 11) is 1.48. The number of hydrogen-bond acceptors (Lipinski definition) is 7. The number of carbonyl (C=O) groups excluding carboxylic acids is 1. The Hall–Kier alpha value is -3.40. The summed E-state index contributed by atoms with van der Waals surface area (Å²) in [5.41, 5.74) is 2.42. The minimum absolute atomic E-state index is 0.156. The fourth-order valence-corrected chi connectivity index (χ4v) is 2.88. The Balaban J connectivity index is 2.23. The van der Waals surface area contributed by atoms with Gasteiger partial charge in [0.15, 0.2) is 11.2 Å². The summed E-state index contributed by atoms with van der Waals surface area (Å²) in [6.45, 7) is 1.64. The second-order valence-electron chi connectivity index (χ2n) is 5.86. The lowest BCUT2D eigenvalue weighted by molar-refractivity contribution is -0.143. The normalized spacial score (nSPS) is 10.9. The van der Waals surface area contributed by atoms with Crippen LogP contribution in [0.3, 0.4) is 0 Å². The molecule has 0 saturated heterocycles. The molecule has 0 aliphatic heterocycles. The van der Waals surface area contributed by atoms with Crippen molar-refractivity contribution in [3.05, 3.63) is 56.7 Å². The highest BCUT2D eigenvalue weighted by Crippen LogP contribution is 2.17. The molecule has 3 rings (SSSR count). The molecule has 0 amide bonds. The first-order valence-electron chi connectivity index (χ1n) is 8.34. The first-order chi connectivity index (χ1) is 13.0. The number of hydrogen-bond donors (Lipinski definition) is 2. The Morgan fingerprint density at radius 3 is 2.56 bits per heavy atom. The van der Waals surface area contributed by atoms with E-state index in [4.69, 9.17) is 10.6 Å². The number of imidazole rings is 1. The highest BCUT2D eigenvalue weighted by atomic mass is 16.5. The van der Waals surface area contributed by atoms with Crippen LogP contribution < -0.4 is 22.5 Å². The van der Waals surface area contributed by atoms with Crippen molar-refractivity contribution in [2.45, 2.75) is 20.0 Å². The fraction of sp³-hybridized carbons (Fsp3) is 0.294. The molecular weight excluding hydrogens is 352 g/mol. The minimum Gasteiger partial charge on any atom is -0.465 e. The number of ether oxygens (including phenoxy) is 1. The van der Waals surface area contributed by atoms with Gasteiger partial charge in [0, 0.05) is 7.05 Å². The number of aryl methyl sites for hydroxylation is 1. The van der Waals surface area contributed by atoms with Crippen LogP contribution in [0.25, 0.3) is 11.2 Å². The third kappa shape index (κ3) is 3.34. The second kappa shape index (κ2) is 7.46. The first-order valence-corrected chi connectivity index (χ1v) is 8.34. The Bertz CT molecular complexity index is 1100. The number of nitrogens with zero attached hydrogens (tertiary/aromatic N) is 4. The summed E-state index contributed by atoms with van der Waals surface area (Å²) >= 11 is 0. The van der Waals surface area contributed by atoms with E-state index in [-0.39, 0.29) is 23.7 Å². The molecule has 0 radical (unpaired) electrons. The molecule has 1 aromatic carbocycles. The smallest absolute Gasteiger partial charge is 0.333 e. The maximum absolute atomic E-state index is 13.0. The molecule has 0 bridgehead atoms. The first kappa shape index (κ1) is 18.4. The Labute approximate surface area is 153 Å². The number of anilines is 1. The molecule has 10 heteroatoms. The van der Waals surface area contributed by atoms with E-state index >= 15 is 0 Å². The van der Waals surface area contributed by atoms with E-state index in [2.05, 4.69) is 10.4 Å². The van der Waals surface area contributed by atoms with E-state index in [1.54, 1.807) is 11.5 Å². The van der Waals surface area contributed by atoms with Crippen LogP contribution in [-0.2, 0) is 29.7 Å². The average molecular weight is 372 g/mol. The second-order valence-corrected chi connectivity index (χ2v) is 5.86. The molecule has 10 nitrogen and oxygen atoms in total. The highest BCUT2D eigenvalue weighted by molar-refractivity contribution is 5.75. The molecule has 0 aliphatic rings. The SMILES string of the molecule is CCOC(=O)Cn1c(=O)c2c(nc(NN)n2Cc2ccccc2)n(C)c1=O. The van der Waals surface area contributed by atoms with Crippen molar-refractivity contribution in [2.24, 2.45) is 12.9 Å². The maximum atomic E-state index is 13.0. The molecule has 0 atom stereocenters. The molecular formula is C17H20N6O4. The van der Waals surface area contributed by atoms with Gasteiger partial charge in [-0.15, -0.1) is 0 Å². The molecule has 3 N–H and O–H groups in total. The van der Waals surface area contributed by atoms with Crippen molar-refractivity contribution >= 4 is 23.1 Å². The quantitative estimate of drug-likeness (QED) is 0.348. The number of nitrogens with one attached hydrogen (secondary N) is 1. The van der Waals surface area contributed by atoms with Crippen LogP contribution in [0.1, 0.15) is 12.5 Å². The molecule has 142 valence electrons. The van der Waals surface area contributed by atoms with Gasteiger partial charge in [-0.1, -0.05) is 30.3 Å². The number of carbonyl (C=O) groups is 1. The third-order valence-electron chi connectivity index (χ3n) is 4.14. The van der Waals surface area contributed by atoms with Gasteiger partial charge >= 0.3 is 11.7 Å². The molecule has 0 fully saturated rings. The largest absolute Gasteiger partial charge is 0.465 e. The van der Waals surface area contributed by atoms with Gasteiger partial charge in [-0.25, -0.2) is 15.2 Å². The van der Waals surface area contributed by atoms with Gasteiger partial charge in [-0.05, 0) is 12.5 Å². The van der Waals surface area contributed by atoms with E-state index in [1.165, 1.54) is 11.6 Å². The minimum atomic E-state index is -0.664. The van der Waals surface area contributed by atoms with Crippen LogP contribution in [0.4, 0.5) is 5.95 Å². The molecule has 0 unspecified atom stereocenters. The lowest BCUT2D eigenvalue weighted by Gasteiger charge is -2.10. The topological polar surface area (TPSA) is 126 Å². The van der Waals surface area contributed by atoms with Crippen LogP contribution in [0, 0.1) is 0 Å². The molecule has 0 saturated carbocycles. The van der Waals surface area contributed by atoms with Crippen LogP contribution in [0.5, 0.6) is 0 Å². The number of rotatable bonds is 6. The number of esters is 1. The summed E-state index contributed by atoms with van der Waals surface area (Å²) in [6, 6.07) is 9.42. The fourth-order valence-electron chi connectivity index (χ4n) is 2.88. The van der Waals surface area contributed by atoms with Crippen LogP contribution >= 0.6 is 0 Å². The van der Waals surface area contributed by atoms with Crippen molar-refractivity contribution in [2.75, 3.05) is 12.0 Å². The van der Waals surface area contributed by atoms with E-state index in [0.29, 0.717) is 6.54 Å². The lowest BCUT2D eigenvalue weighted by atomic mass is 10.2. The predicted octanol–water partition coefficient (Wildman–Crippen LogP) is -0.206. The van der Waals surface area contributed by atoms with Crippen LogP contribution in [0.2, 0.25) is 0 Å². The molecule has 27 heavy (non-hydrogen) atoms. The van der Waals surface area contributed by atoms with E-state index in [0.717, 1.165) is 10.1 Å². The number of hydrazine groups is 1. The number of fused-ring (bicyclic) bond motifs is 1. The standard InChI is InChI=1S/C17H20N6O4/c1-3-27-12(24)10-23-15(25)13-14(21(2)17(23)26)19-16(20-18)22(13)9-11-7-5-4-6-8-11/h4-8H,3,9-10,18H2,1-2H3,(H,19,20). The summed E-state index contributed by atoms with van der Waals surface area (Å²) in [5, 5.41) is 0. The number of benzene rings is 1.